The van der Waals surface area contributed by atoms with Crippen molar-refractivity contribution >= 4 is 22.7 Å². The maximum atomic E-state index is 12.7. The molecule has 0 amide bonds. The average Bonchev–Trinajstić information content (AvgIpc) is 3.24. The molecule has 1 fully saturated rings. The number of likely N-dealkylation sites (tertiary alicyclic amines) is 1. The molecular weight excluding hydrogens is 426 g/mol. The zero-order valence-electron chi connectivity index (χ0n) is 18.4. The lowest BCUT2D eigenvalue weighted by Gasteiger charge is -2.43. The van der Waals surface area contributed by atoms with Crippen LogP contribution in [0.15, 0.2) is 12.3 Å². The summed E-state index contributed by atoms with van der Waals surface area (Å²) < 4.78 is 36.3. The van der Waals surface area contributed by atoms with Crippen molar-refractivity contribution in [1.82, 2.24) is 9.88 Å². The van der Waals surface area contributed by atoms with E-state index in [1.165, 1.54) is 11.3 Å². The van der Waals surface area contributed by atoms with Crippen LogP contribution in [0.5, 0.6) is 5.75 Å². The van der Waals surface area contributed by atoms with E-state index in [4.69, 9.17) is 9.47 Å². The number of piperidine rings is 1. The Morgan fingerprint density at radius 2 is 2.03 bits per heavy atom. The second kappa shape index (κ2) is 10.0. The van der Waals surface area contributed by atoms with E-state index in [0.717, 1.165) is 53.8 Å². The number of ether oxygens (including phenoxy) is 2. The quantitative estimate of drug-likeness (QED) is 0.456. The van der Waals surface area contributed by atoms with Crippen molar-refractivity contribution in [1.29, 1.82) is 0 Å². The van der Waals surface area contributed by atoms with Gasteiger partial charge in [-0.25, -0.2) is 4.98 Å². The summed E-state index contributed by atoms with van der Waals surface area (Å²) in [5.74, 6) is 0.777. The van der Waals surface area contributed by atoms with Crippen LogP contribution in [0.3, 0.4) is 0 Å². The third-order valence-corrected chi connectivity index (χ3v) is 7.60. The molecule has 0 spiro atoms. The van der Waals surface area contributed by atoms with E-state index in [-0.39, 0.29) is 17.3 Å². The minimum atomic E-state index is -2.83. The monoisotopic (exact) mass is 458 g/mol. The Balaban J connectivity index is 1.73. The van der Waals surface area contributed by atoms with Gasteiger partial charge in [-0.2, -0.15) is 8.78 Å². The molecule has 8 heteroatoms. The molecular formula is C22H32F2N2O2S2. The van der Waals surface area contributed by atoms with Crippen LogP contribution in [-0.4, -0.2) is 42.3 Å². The number of halogens is 2. The molecule has 168 valence electrons. The summed E-state index contributed by atoms with van der Waals surface area (Å²) in [6.45, 7) is 11.6. The van der Waals surface area contributed by atoms with Crippen LogP contribution in [0.2, 0.25) is 0 Å². The molecule has 0 N–H and O–H groups in total. The van der Waals surface area contributed by atoms with Gasteiger partial charge in [0.15, 0.2) is 0 Å². The van der Waals surface area contributed by atoms with Gasteiger partial charge in [-0.1, -0.05) is 27.7 Å². The summed E-state index contributed by atoms with van der Waals surface area (Å²) in [4.78, 5) is 9.70. The summed E-state index contributed by atoms with van der Waals surface area (Å²) in [6, 6.07) is 1.65. The minimum Gasteiger partial charge on any atom is -0.433 e. The van der Waals surface area contributed by atoms with Gasteiger partial charge in [0, 0.05) is 42.2 Å². The molecule has 0 saturated carbocycles. The van der Waals surface area contributed by atoms with Crippen molar-refractivity contribution in [3.8, 4) is 15.6 Å². The van der Waals surface area contributed by atoms with E-state index in [1.54, 1.807) is 17.4 Å². The second-order valence-corrected chi connectivity index (χ2v) is 11.4. The summed E-state index contributed by atoms with van der Waals surface area (Å²) in [5, 5.41) is 0.738. The van der Waals surface area contributed by atoms with E-state index in [2.05, 4.69) is 37.6 Å². The van der Waals surface area contributed by atoms with Crippen molar-refractivity contribution in [2.24, 2.45) is 11.3 Å². The maximum absolute atomic E-state index is 12.7. The first-order valence-corrected chi connectivity index (χ1v) is 12.1. The molecule has 0 radical (unpaired) electrons. The van der Waals surface area contributed by atoms with E-state index in [0.29, 0.717) is 10.8 Å². The molecule has 2 aromatic rings. The number of aromatic nitrogens is 1. The van der Waals surface area contributed by atoms with E-state index in [9.17, 15) is 8.78 Å². The van der Waals surface area contributed by atoms with Gasteiger partial charge in [0.05, 0.1) is 6.10 Å². The number of thiophene rings is 1. The highest BCUT2D eigenvalue weighted by Crippen LogP contribution is 2.41. The van der Waals surface area contributed by atoms with Gasteiger partial charge in [-0.05, 0) is 37.2 Å². The molecule has 0 bridgehead atoms. The Morgan fingerprint density at radius 1 is 1.27 bits per heavy atom. The van der Waals surface area contributed by atoms with Crippen LogP contribution in [0.1, 0.15) is 50.3 Å². The number of rotatable bonds is 8. The lowest BCUT2D eigenvalue weighted by atomic mass is 9.75. The van der Waals surface area contributed by atoms with Gasteiger partial charge in [-0.15, -0.1) is 22.7 Å². The largest absolute Gasteiger partial charge is 0.433 e. The average molecular weight is 459 g/mol. The molecule has 4 nitrogen and oxygen atoms in total. The molecule has 0 aliphatic carbocycles. The summed E-state index contributed by atoms with van der Waals surface area (Å²) in [6.07, 6.45) is 4.24. The fraction of sp³-hybridized carbons (Fsp3) is 0.682. The van der Waals surface area contributed by atoms with Gasteiger partial charge in [0.2, 0.25) is 0 Å². The standard InChI is InChI=1S/C22H32F2N2O2S2/c1-6-7-27-16-9-15(22(3,4)5)11-26(12-16)13-17-10-25-20(30-17)19-18(28-21(23)24)8-14(2)29-19/h8,10,15-16,21H,6-7,9,11-13H2,1-5H3. The number of nitrogens with zero attached hydrogens (tertiary/aromatic N) is 2. The predicted octanol–water partition coefficient (Wildman–Crippen LogP) is 6.44. The Kier molecular flexibility index (Phi) is 7.87. The first-order valence-electron chi connectivity index (χ1n) is 10.5. The molecule has 2 aromatic heterocycles. The number of thiazole rings is 1. The first-order chi connectivity index (χ1) is 14.2. The maximum Gasteiger partial charge on any atom is 0.387 e. The molecule has 30 heavy (non-hydrogen) atoms. The van der Waals surface area contributed by atoms with Crippen LogP contribution in [0, 0.1) is 18.3 Å². The van der Waals surface area contributed by atoms with Crippen LogP contribution >= 0.6 is 22.7 Å². The number of alkyl halides is 2. The van der Waals surface area contributed by atoms with Gasteiger partial charge < -0.3 is 9.47 Å². The lowest BCUT2D eigenvalue weighted by molar-refractivity contribution is -0.0492. The molecule has 2 unspecified atom stereocenters. The highest BCUT2D eigenvalue weighted by molar-refractivity contribution is 7.22. The Morgan fingerprint density at radius 3 is 2.70 bits per heavy atom. The molecule has 1 aliphatic rings. The molecule has 0 aromatic carbocycles. The summed E-state index contributed by atoms with van der Waals surface area (Å²) in [5.41, 5.74) is 0.224. The Bertz CT molecular complexity index is 816. The number of hydrogen-bond donors (Lipinski definition) is 0. The highest BCUT2D eigenvalue weighted by atomic mass is 32.1. The van der Waals surface area contributed by atoms with E-state index < -0.39 is 6.61 Å². The van der Waals surface area contributed by atoms with Gasteiger partial charge >= 0.3 is 6.61 Å². The molecule has 3 rings (SSSR count). The zero-order valence-corrected chi connectivity index (χ0v) is 20.0. The fourth-order valence-electron chi connectivity index (χ4n) is 3.83. The number of aryl methyl sites for hydroxylation is 1. The van der Waals surface area contributed by atoms with Crippen molar-refractivity contribution in [2.75, 3.05) is 19.7 Å². The third kappa shape index (κ3) is 6.22. The van der Waals surface area contributed by atoms with Crippen molar-refractivity contribution in [2.45, 2.75) is 66.7 Å². The third-order valence-electron chi connectivity index (χ3n) is 5.43. The van der Waals surface area contributed by atoms with E-state index in [1.807, 2.05) is 13.1 Å². The minimum absolute atomic E-state index is 0.215. The number of hydrogen-bond acceptors (Lipinski definition) is 6. The van der Waals surface area contributed by atoms with Crippen molar-refractivity contribution in [3.63, 3.8) is 0 Å². The molecule has 3 heterocycles. The van der Waals surface area contributed by atoms with Crippen molar-refractivity contribution < 1.29 is 18.3 Å². The van der Waals surface area contributed by atoms with Crippen LogP contribution in [-0.2, 0) is 11.3 Å². The lowest BCUT2D eigenvalue weighted by Crippen LogP contribution is -2.47. The summed E-state index contributed by atoms with van der Waals surface area (Å²) >= 11 is 2.99. The van der Waals surface area contributed by atoms with Crippen LogP contribution in [0.25, 0.3) is 9.88 Å². The highest BCUT2D eigenvalue weighted by Gasteiger charge is 2.34. The topological polar surface area (TPSA) is 34.6 Å². The second-order valence-electron chi connectivity index (χ2n) is 9.05. The fourth-order valence-corrected chi connectivity index (χ4v) is 5.82. The van der Waals surface area contributed by atoms with Crippen LogP contribution in [0.4, 0.5) is 8.78 Å². The van der Waals surface area contributed by atoms with Gasteiger partial charge in [0.1, 0.15) is 15.6 Å². The van der Waals surface area contributed by atoms with Crippen molar-refractivity contribution in [3.05, 3.63) is 22.0 Å². The predicted molar refractivity (Wildman–Crippen MR) is 120 cm³/mol. The molecule has 1 saturated heterocycles. The van der Waals surface area contributed by atoms with Crippen LogP contribution < -0.4 is 4.74 Å². The first kappa shape index (κ1) is 23.6. The molecule has 1 aliphatic heterocycles. The normalized spacial score (nSPS) is 20.8. The SMILES string of the molecule is CCCOC1CC(C(C)(C)C)CN(Cc2cnc(-c3sc(C)cc3OC(F)F)s2)C1. The summed E-state index contributed by atoms with van der Waals surface area (Å²) in [7, 11) is 0. The molecule has 2 atom stereocenters. The van der Waals surface area contributed by atoms with Gasteiger partial charge in [0.25, 0.3) is 0 Å². The van der Waals surface area contributed by atoms with Gasteiger partial charge in [-0.3, -0.25) is 4.90 Å². The Hall–Kier alpha value is -1.09. The zero-order chi connectivity index (χ0) is 21.9. The van der Waals surface area contributed by atoms with E-state index >= 15 is 0 Å². The smallest absolute Gasteiger partial charge is 0.387 e. The Labute approximate surface area is 186 Å².